The van der Waals surface area contributed by atoms with E-state index in [1.807, 2.05) is 0 Å². The lowest BCUT2D eigenvalue weighted by Gasteiger charge is -2.10. The van der Waals surface area contributed by atoms with E-state index in [2.05, 4.69) is 10.6 Å². The first-order valence-corrected chi connectivity index (χ1v) is 7.78. The van der Waals surface area contributed by atoms with E-state index in [9.17, 15) is 14.4 Å². The largest absolute Gasteiger partial charge is 0.478 e. The molecule has 0 aliphatic carbocycles. The van der Waals surface area contributed by atoms with Crippen molar-refractivity contribution >= 4 is 29.5 Å². The van der Waals surface area contributed by atoms with Gasteiger partial charge in [0, 0.05) is 11.8 Å². The van der Waals surface area contributed by atoms with Gasteiger partial charge in [-0.25, -0.2) is 4.79 Å². The SMILES string of the molecule is O=C(Nc1ccc(C(=O)O)cc1)C(=Cc1ccco1)NC(=O)c1ccco1. The van der Waals surface area contributed by atoms with Crippen LogP contribution in [0.25, 0.3) is 6.08 Å². The molecular formula is C19H14N2O6. The van der Waals surface area contributed by atoms with Crippen molar-refractivity contribution in [3.8, 4) is 0 Å². The Kier molecular flexibility index (Phi) is 5.17. The van der Waals surface area contributed by atoms with Gasteiger partial charge in [0.1, 0.15) is 11.5 Å². The molecule has 0 saturated carbocycles. The third-order valence-electron chi connectivity index (χ3n) is 3.46. The fourth-order valence-corrected chi connectivity index (χ4v) is 2.16. The van der Waals surface area contributed by atoms with Crippen LogP contribution in [0.2, 0.25) is 0 Å². The van der Waals surface area contributed by atoms with Crippen molar-refractivity contribution in [2.45, 2.75) is 0 Å². The molecule has 2 aromatic heterocycles. The second-order valence-electron chi connectivity index (χ2n) is 5.34. The molecule has 8 nitrogen and oxygen atoms in total. The summed E-state index contributed by atoms with van der Waals surface area (Å²) in [7, 11) is 0. The Balaban J connectivity index is 1.80. The van der Waals surface area contributed by atoms with E-state index in [0.29, 0.717) is 11.4 Å². The molecule has 3 aromatic rings. The Hall–Kier alpha value is -4.07. The summed E-state index contributed by atoms with van der Waals surface area (Å²) >= 11 is 0. The Morgan fingerprint density at radius 3 is 2.22 bits per heavy atom. The van der Waals surface area contributed by atoms with Gasteiger partial charge in [0.25, 0.3) is 11.8 Å². The zero-order valence-electron chi connectivity index (χ0n) is 13.8. The first-order chi connectivity index (χ1) is 13.0. The van der Waals surface area contributed by atoms with E-state index in [0.717, 1.165) is 0 Å². The zero-order valence-corrected chi connectivity index (χ0v) is 13.8. The highest BCUT2D eigenvalue weighted by molar-refractivity contribution is 6.10. The maximum atomic E-state index is 12.6. The van der Waals surface area contributed by atoms with Gasteiger partial charge >= 0.3 is 5.97 Å². The van der Waals surface area contributed by atoms with Crippen molar-refractivity contribution in [1.29, 1.82) is 0 Å². The number of carboxylic acid groups (broad SMARTS) is 1. The highest BCUT2D eigenvalue weighted by Gasteiger charge is 2.17. The maximum absolute atomic E-state index is 12.6. The summed E-state index contributed by atoms with van der Waals surface area (Å²) in [6, 6.07) is 11.9. The molecule has 2 amide bonds. The second kappa shape index (κ2) is 7.87. The first-order valence-electron chi connectivity index (χ1n) is 7.78. The van der Waals surface area contributed by atoms with Crippen molar-refractivity contribution in [2.24, 2.45) is 0 Å². The molecule has 27 heavy (non-hydrogen) atoms. The van der Waals surface area contributed by atoms with Crippen LogP contribution in [0.15, 0.2) is 75.6 Å². The predicted molar refractivity (Wildman–Crippen MR) is 94.9 cm³/mol. The Morgan fingerprint density at radius 1 is 0.926 bits per heavy atom. The standard InChI is InChI=1S/C19H14N2O6/c22-17(20-13-7-5-12(6-8-13)19(24)25)15(11-14-3-1-9-26-14)21-18(23)16-4-2-10-27-16/h1-11H,(H,20,22)(H,21,23)(H,24,25). The zero-order chi connectivity index (χ0) is 19.2. The van der Waals surface area contributed by atoms with E-state index in [1.165, 1.54) is 48.9 Å². The summed E-state index contributed by atoms with van der Waals surface area (Å²) in [4.78, 5) is 35.7. The molecule has 2 heterocycles. The van der Waals surface area contributed by atoms with E-state index < -0.39 is 17.8 Å². The maximum Gasteiger partial charge on any atom is 0.335 e. The number of anilines is 1. The molecule has 0 saturated heterocycles. The molecule has 1 aromatic carbocycles. The first kappa shape index (κ1) is 17.7. The highest BCUT2D eigenvalue weighted by atomic mass is 16.4. The van der Waals surface area contributed by atoms with Gasteiger partial charge in [0.2, 0.25) is 0 Å². The van der Waals surface area contributed by atoms with Gasteiger partial charge in [0.05, 0.1) is 18.1 Å². The second-order valence-corrected chi connectivity index (χ2v) is 5.34. The van der Waals surface area contributed by atoms with E-state index in [-0.39, 0.29) is 17.0 Å². The summed E-state index contributed by atoms with van der Waals surface area (Å²) in [6.07, 6.45) is 4.14. The number of hydrogen-bond acceptors (Lipinski definition) is 5. The molecule has 0 aliphatic heterocycles. The van der Waals surface area contributed by atoms with Gasteiger partial charge in [0.15, 0.2) is 5.76 Å². The van der Waals surface area contributed by atoms with E-state index >= 15 is 0 Å². The summed E-state index contributed by atoms with van der Waals surface area (Å²) in [5, 5.41) is 14.0. The van der Waals surface area contributed by atoms with Crippen LogP contribution in [-0.4, -0.2) is 22.9 Å². The monoisotopic (exact) mass is 366 g/mol. The Morgan fingerprint density at radius 2 is 1.63 bits per heavy atom. The van der Waals surface area contributed by atoms with Gasteiger partial charge in [-0.05, 0) is 48.5 Å². The molecule has 8 heteroatoms. The number of amides is 2. The van der Waals surface area contributed by atoms with Crippen LogP contribution >= 0.6 is 0 Å². The smallest absolute Gasteiger partial charge is 0.335 e. The molecule has 3 rings (SSSR count). The fraction of sp³-hybridized carbons (Fsp3) is 0. The molecule has 0 unspecified atom stereocenters. The van der Waals surface area contributed by atoms with Gasteiger partial charge in [-0.15, -0.1) is 0 Å². The highest BCUT2D eigenvalue weighted by Crippen LogP contribution is 2.13. The number of nitrogens with one attached hydrogen (secondary N) is 2. The van der Waals surface area contributed by atoms with Gasteiger partial charge in [-0.1, -0.05) is 0 Å². The van der Waals surface area contributed by atoms with Crippen LogP contribution in [-0.2, 0) is 4.79 Å². The molecule has 3 N–H and O–H groups in total. The summed E-state index contributed by atoms with van der Waals surface area (Å²) in [6.45, 7) is 0. The minimum Gasteiger partial charge on any atom is -0.478 e. The third kappa shape index (κ3) is 4.51. The van der Waals surface area contributed by atoms with Gasteiger partial charge < -0.3 is 24.6 Å². The number of benzene rings is 1. The van der Waals surface area contributed by atoms with Crippen LogP contribution in [0.3, 0.4) is 0 Å². The lowest BCUT2D eigenvalue weighted by atomic mass is 10.2. The predicted octanol–water partition coefficient (Wildman–Crippen LogP) is 2.98. The number of carboxylic acids is 1. The van der Waals surface area contributed by atoms with Crippen molar-refractivity contribution in [3.05, 3.63) is 83.8 Å². The van der Waals surface area contributed by atoms with Crippen LogP contribution in [0.1, 0.15) is 26.7 Å². The molecule has 0 fully saturated rings. The number of aromatic carboxylic acids is 1. The number of rotatable bonds is 6. The normalized spacial score (nSPS) is 11.0. The van der Waals surface area contributed by atoms with Crippen molar-refractivity contribution < 1.29 is 28.3 Å². The molecule has 0 bridgehead atoms. The van der Waals surface area contributed by atoms with Crippen LogP contribution < -0.4 is 10.6 Å². The van der Waals surface area contributed by atoms with E-state index in [1.54, 1.807) is 18.2 Å². The molecule has 136 valence electrons. The summed E-state index contributed by atoms with van der Waals surface area (Å²) in [5.41, 5.74) is 0.377. The number of hydrogen-bond donors (Lipinski definition) is 3. The molecule has 0 radical (unpaired) electrons. The fourth-order valence-electron chi connectivity index (χ4n) is 2.16. The van der Waals surface area contributed by atoms with Crippen molar-refractivity contribution in [1.82, 2.24) is 5.32 Å². The topological polar surface area (TPSA) is 122 Å². The molecule has 0 atom stereocenters. The number of furan rings is 2. The van der Waals surface area contributed by atoms with Crippen molar-refractivity contribution in [3.63, 3.8) is 0 Å². The van der Waals surface area contributed by atoms with Crippen LogP contribution in [0.4, 0.5) is 5.69 Å². The van der Waals surface area contributed by atoms with Crippen LogP contribution in [0.5, 0.6) is 0 Å². The van der Waals surface area contributed by atoms with Crippen LogP contribution in [0, 0.1) is 0 Å². The number of carbonyl (C=O) groups is 3. The average Bonchev–Trinajstić information content (AvgIpc) is 3.35. The summed E-state index contributed by atoms with van der Waals surface area (Å²) < 4.78 is 10.2. The minimum atomic E-state index is -1.07. The number of carbonyl (C=O) groups excluding carboxylic acids is 2. The Bertz CT molecular complexity index is 970. The lowest BCUT2D eigenvalue weighted by Crippen LogP contribution is -2.30. The lowest BCUT2D eigenvalue weighted by molar-refractivity contribution is -0.113. The third-order valence-corrected chi connectivity index (χ3v) is 3.46. The molecular weight excluding hydrogens is 352 g/mol. The quantitative estimate of drug-likeness (QED) is 0.577. The molecule has 0 spiro atoms. The Labute approximate surface area is 153 Å². The van der Waals surface area contributed by atoms with Gasteiger partial charge in [-0.2, -0.15) is 0 Å². The van der Waals surface area contributed by atoms with E-state index in [4.69, 9.17) is 13.9 Å². The van der Waals surface area contributed by atoms with Gasteiger partial charge in [-0.3, -0.25) is 9.59 Å². The minimum absolute atomic E-state index is 0.0407. The molecule has 0 aliphatic rings. The average molecular weight is 366 g/mol. The summed E-state index contributed by atoms with van der Waals surface area (Å²) in [5.74, 6) is -1.89. The van der Waals surface area contributed by atoms with Crippen molar-refractivity contribution in [2.75, 3.05) is 5.32 Å².